The van der Waals surface area contributed by atoms with Crippen LogP contribution in [0.3, 0.4) is 0 Å². The molecule has 0 aromatic rings. The largest absolute Gasteiger partial charge is 0.481 e. The number of hydrogen-bond donors (Lipinski definition) is 3. The van der Waals surface area contributed by atoms with Gasteiger partial charge < -0.3 is 20.8 Å². The number of hydrogen-bond acceptors (Lipinski definition) is 4. The number of carboxylic acids is 2. The van der Waals surface area contributed by atoms with Crippen molar-refractivity contribution in [3.8, 4) is 0 Å². The van der Waals surface area contributed by atoms with E-state index in [4.69, 9.17) is 15.9 Å². The Balaban J connectivity index is 2.57. The first-order chi connectivity index (χ1) is 8.34. The van der Waals surface area contributed by atoms with Gasteiger partial charge in [0.15, 0.2) is 0 Å². The van der Waals surface area contributed by atoms with Gasteiger partial charge in [0, 0.05) is 19.0 Å². The van der Waals surface area contributed by atoms with E-state index in [1.165, 1.54) is 4.90 Å². The predicted molar refractivity (Wildman–Crippen MR) is 61.8 cm³/mol. The van der Waals surface area contributed by atoms with Crippen LogP contribution in [0.2, 0.25) is 0 Å². The third-order valence-electron chi connectivity index (χ3n) is 3.34. The predicted octanol–water partition coefficient (Wildman–Crippen LogP) is -0.500. The first-order valence-electron chi connectivity index (χ1n) is 5.85. The number of likely N-dealkylation sites (tertiary alicyclic amines) is 1. The van der Waals surface area contributed by atoms with Crippen LogP contribution >= 0.6 is 0 Å². The topological polar surface area (TPSA) is 121 Å². The van der Waals surface area contributed by atoms with E-state index in [1.54, 1.807) is 6.92 Å². The molecule has 0 aliphatic carbocycles. The molecule has 1 fully saturated rings. The van der Waals surface area contributed by atoms with Crippen LogP contribution < -0.4 is 5.73 Å². The summed E-state index contributed by atoms with van der Waals surface area (Å²) < 4.78 is 0. The fourth-order valence-electron chi connectivity index (χ4n) is 2.20. The summed E-state index contributed by atoms with van der Waals surface area (Å²) in [5.74, 6) is -2.86. The first-order valence-corrected chi connectivity index (χ1v) is 5.85. The summed E-state index contributed by atoms with van der Waals surface area (Å²) in [5, 5.41) is 17.5. The molecule has 4 N–H and O–H groups in total. The minimum absolute atomic E-state index is 0.0646. The molecule has 1 rings (SSSR count). The van der Waals surface area contributed by atoms with Crippen molar-refractivity contribution in [2.45, 2.75) is 38.3 Å². The monoisotopic (exact) mass is 258 g/mol. The van der Waals surface area contributed by atoms with Gasteiger partial charge in [-0.15, -0.1) is 0 Å². The Morgan fingerprint density at radius 2 is 2.00 bits per heavy atom. The second-order valence-electron chi connectivity index (χ2n) is 4.54. The van der Waals surface area contributed by atoms with Crippen molar-refractivity contribution in [2.24, 2.45) is 11.7 Å². The summed E-state index contributed by atoms with van der Waals surface area (Å²) in [6.45, 7) is 2.03. The van der Waals surface area contributed by atoms with E-state index >= 15 is 0 Å². The molecule has 1 saturated heterocycles. The Morgan fingerprint density at radius 1 is 1.39 bits per heavy atom. The lowest BCUT2D eigenvalue weighted by molar-refractivity contribution is -0.143. The number of carbonyl (C=O) groups excluding carboxylic acids is 1. The lowest BCUT2D eigenvalue weighted by atomic mass is 10.0. The maximum absolute atomic E-state index is 12.0. The highest BCUT2D eigenvalue weighted by molar-refractivity contribution is 5.84. The third kappa shape index (κ3) is 3.19. The molecule has 102 valence electrons. The van der Waals surface area contributed by atoms with Gasteiger partial charge in [-0.1, -0.05) is 0 Å². The van der Waals surface area contributed by atoms with Crippen molar-refractivity contribution in [1.82, 2.24) is 4.90 Å². The summed E-state index contributed by atoms with van der Waals surface area (Å²) >= 11 is 0. The number of nitrogens with zero attached hydrogens (tertiary/aromatic N) is 1. The Kier molecular flexibility index (Phi) is 4.66. The van der Waals surface area contributed by atoms with Crippen LogP contribution in [-0.2, 0) is 14.4 Å². The van der Waals surface area contributed by atoms with E-state index in [0.29, 0.717) is 13.0 Å². The lowest BCUT2D eigenvalue weighted by Gasteiger charge is -2.26. The molecule has 18 heavy (non-hydrogen) atoms. The van der Waals surface area contributed by atoms with E-state index < -0.39 is 29.9 Å². The average Bonchev–Trinajstić information content (AvgIpc) is 2.66. The van der Waals surface area contributed by atoms with E-state index in [1.807, 2.05) is 0 Å². The van der Waals surface area contributed by atoms with E-state index in [9.17, 15) is 14.4 Å². The highest BCUT2D eigenvalue weighted by atomic mass is 16.4. The molecule has 0 spiro atoms. The fraction of sp³-hybridized carbons (Fsp3) is 0.727. The van der Waals surface area contributed by atoms with Gasteiger partial charge in [0.05, 0.1) is 12.0 Å². The number of rotatable bonds is 5. The quantitative estimate of drug-likeness (QED) is 0.611. The van der Waals surface area contributed by atoms with Crippen molar-refractivity contribution < 1.29 is 24.6 Å². The highest BCUT2D eigenvalue weighted by Gasteiger charge is 2.39. The van der Waals surface area contributed by atoms with Crippen LogP contribution in [0.4, 0.5) is 0 Å². The molecule has 1 aliphatic heterocycles. The molecule has 1 aliphatic rings. The van der Waals surface area contributed by atoms with Gasteiger partial charge >= 0.3 is 11.9 Å². The van der Waals surface area contributed by atoms with Gasteiger partial charge in [-0.05, 0) is 19.8 Å². The van der Waals surface area contributed by atoms with Crippen LogP contribution in [0, 0.1) is 5.92 Å². The van der Waals surface area contributed by atoms with Crippen molar-refractivity contribution in [3.05, 3.63) is 0 Å². The van der Waals surface area contributed by atoms with Gasteiger partial charge in [0.1, 0.15) is 0 Å². The molecule has 0 aromatic heterocycles. The molecule has 3 atom stereocenters. The average molecular weight is 258 g/mol. The van der Waals surface area contributed by atoms with Crippen LogP contribution in [-0.4, -0.2) is 51.6 Å². The molecule has 7 nitrogen and oxygen atoms in total. The van der Waals surface area contributed by atoms with Crippen molar-refractivity contribution in [3.63, 3.8) is 0 Å². The highest BCUT2D eigenvalue weighted by Crippen LogP contribution is 2.25. The zero-order chi connectivity index (χ0) is 13.9. The lowest BCUT2D eigenvalue weighted by Crippen LogP contribution is -2.46. The molecule has 3 unspecified atom stereocenters. The van der Waals surface area contributed by atoms with Crippen LogP contribution in [0.15, 0.2) is 0 Å². The van der Waals surface area contributed by atoms with Crippen molar-refractivity contribution in [1.29, 1.82) is 0 Å². The summed E-state index contributed by atoms with van der Waals surface area (Å²) in [6.07, 6.45) is 0.306. The fourth-order valence-corrected chi connectivity index (χ4v) is 2.20. The molecule has 0 saturated carbocycles. The third-order valence-corrected chi connectivity index (χ3v) is 3.34. The van der Waals surface area contributed by atoms with E-state index in [2.05, 4.69) is 0 Å². The normalized spacial score (nSPS) is 24.9. The molecule has 1 amide bonds. The molecular formula is C11H18N2O5. The Bertz CT molecular complexity index is 357. The molecule has 1 heterocycles. The van der Waals surface area contributed by atoms with E-state index in [-0.39, 0.29) is 18.7 Å². The number of carboxylic acid groups (broad SMARTS) is 2. The van der Waals surface area contributed by atoms with Crippen molar-refractivity contribution in [2.75, 3.05) is 6.54 Å². The van der Waals surface area contributed by atoms with Gasteiger partial charge in [-0.25, -0.2) is 0 Å². The number of nitrogens with two attached hydrogens (primary N) is 1. The smallest absolute Gasteiger partial charge is 0.308 e. The zero-order valence-corrected chi connectivity index (χ0v) is 10.2. The molecular weight excluding hydrogens is 240 g/mol. The van der Waals surface area contributed by atoms with Crippen LogP contribution in [0.25, 0.3) is 0 Å². The van der Waals surface area contributed by atoms with Crippen LogP contribution in [0.1, 0.15) is 26.2 Å². The Hall–Kier alpha value is -1.63. The molecule has 0 aromatic carbocycles. The number of aliphatic carboxylic acids is 2. The second kappa shape index (κ2) is 5.81. The Morgan fingerprint density at radius 3 is 2.44 bits per heavy atom. The summed E-state index contributed by atoms with van der Waals surface area (Å²) in [6, 6.07) is -1.28. The van der Waals surface area contributed by atoms with Gasteiger partial charge in [-0.3, -0.25) is 14.4 Å². The first kappa shape index (κ1) is 14.4. The van der Waals surface area contributed by atoms with Gasteiger partial charge in [-0.2, -0.15) is 0 Å². The van der Waals surface area contributed by atoms with Gasteiger partial charge in [0.25, 0.3) is 0 Å². The van der Waals surface area contributed by atoms with Crippen LogP contribution in [0.5, 0.6) is 0 Å². The summed E-state index contributed by atoms with van der Waals surface area (Å²) in [5.41, 5.74) is 5.63. The Labute approximate surface area is 105 Å². The number of carbonyl (C=O) groups is 3. The number of amides is 1. The molecule has 0 radical (unpaired) electrons. The van der Waals surface area contributed by atoms with Gasteiger partial charge in [0.2, 0.25) is 5.91 Å². The molecule has 7 heteroatoms. The molecule has 0 bridgehead atoms. The SMILES string of the molecule is CC1C(C(=O)O)CCN1C(=O)C(N)CCC(=O)O. The zero-order valence-electron chi connectivity index (χ0n) is 10.2. The summed E-state index contributed by atoms with van der Waals surface area (Å²) in [7, 11) is 0. The second-order valence-corrected chi connectivity index (χ2v) is 4.54. The minimum atomic E-state index is -1.00. The maximum Gasteiger partial charge on any atom is 0.308 e. The van der Waals surface area contributed by atoms with E-state index in [0.717, 1.165) is 0 Å². The maximum atomic E-state index is 12.0. The minimum Gasteiger partial charge on any atom is -0.481 e. The standard InChI is InChI=1S/C11H18N2O5/c1-6-7(11(17)18)4-5-13(6)10(16)8(12)2-3-9(14)15/h6-8H,2-5,12H2,1H3,(H,14,15)(H,17,18). The van der Waals surface area contributed by atoms with Crippen molar-refractivity contribution >= 4 is 17.8 Å². The summed E-state index contributed by atoms with van der Waals surface area (Å²) in [4.78, 5) is 34.7.